The summed E-state index contributed by atoms with van der Waals surface area (Å²) in [5, 5.41) is 1.42. The number of hydrogen-bond donors (Lipinski definition) is 0. The van der Waals surface area contributed by atoms with Gasteiger partial charge in [-0.1, -0.05) is 41.9 Å². The Morgan fingerprint density at radius 1 is 1.02 bits per heavy atom. The molecule has 4 aromatic rings. The first-order valence-corrected chi connectivity index (χ1v) is 13.9. The van der Waals surface area contributed by atoms with Crippen LogP contribution in [0.3, 0.4) is 0 Å². The molecule has 1 saturated heterocycles. The summed E-state index contributed by atoms with van der Waals surface area (Å²) in [6, 6.07) is 18.7. The monoisotopic (exact) mass is 556 g/mol. The van der Waals surface area contributed by atoms with Crippen LogP contribution < -0.4 is 15.2 Å². The fraction of sp³-hybridized carbons (Fsp3) is 0.290. The molecule has 0 spiro atoms. The molecule has 1 aromatic heterocycles. The zero-order chi connectivity index (χ0) is 27.6. The van der Waals surface area contributed by atoms with Gasteiger partial charge in [-0.15, -0.1) is 0 Å². The highest BCUT2D eigenvalue weighted by Crippen LogP contribution is 2.38. The van der Waals surface area contributed by atoms with Crippen LogP contribution in [0.2, 0.25) is 5.02 Å². The molecule has 2 aliphatic heterocycles. The van der Waals surface area contributed by atoms with Crippen molar-refractivity contribution >= 4 is 40.3 Å². The van der Waals surface area contributed by atoms with E-state index in [1.807, 2.05) is 53.6 Å². The second-order valence-corrected chi connectivity index (χ2v) is 10.4. The van der Waals surface area contributed by atoms with E-state index in [2.05, 4.69) is 9.98 Å². The van der Waals surface area contributed by atoms with Gasteiger partial charge in [0.25, 0.3) is 5.91 Å². The Morgan fingerprint density at radius 2 is 1.88 bits per heavy atom. The van der Waals surface area contributed by atoms with Crippen molar-refractivity contribution in [2.75, 3.05) is 20.3 Å². The van der Waals surface area contributed by atoms with Crippen molar-refractivity contribution in [3.63, 3.8) is 0 Å². The molecule has 1 unspecified atom stereocenters. The van der Waals surface area contributed by atoms with Crippen molar-refractivity contribution in [1.29, 1.82) is 0 Å². The molecule has 40 heavy (non-hydrogen) atoms. The molecular formula is C31H29ClN4O4. The van der Waals surface area contributed by atoms with E-state index >= 15 is 0 Å². The first-order valence-electron chi connectivity index (χ1n) is 13.5. The molecule has 0 radical (unpaired) electrons. The summed E-state index contributed by atoms with van der Waals surface area (Å²) in [6.07, 6.45) is 5.17. The number of aromatic nitrogens is 2. The van der Waals surface area contributed by atoms with Gasteiger partial charge < -0.3 is 14.4 Å². The molecule has 3 aromatic carbocycles. The van der Waals surface area contributed by atoms with Crippen LogP contribution in [0.5, 0.6) is 11.5 Å². The van der Waals surface area contributed by atoms with E-state index in [1.165, 1.54) is 0 Å². The number of amides is 1. The van der Waals surface area contributed by atoms with Crippen molar-refractivity contribution in [1.82, 2.24) is 14.5 Å². The molecule has 0 N–H and O–H groups in total. The maximum atomic E-state index is 13.1. The summed E-state index contributed by atoms with van der Waals surface area (Å²) in [6.45, 7) is 1.64. The predicted octanol–water partition coefficient (Wildman–Crippen LogP) is 5.91. The number of carbonyl (C=O) groups is 1. The van der Waals surface area contributed by atoms with Crippen LogP contribution in [0, 0.1) is 0 Å². The zero-order valence-electron chi connectivity index (χ0n) is 22.2. The maximum absolute atomic E-state index is 13.1. The smallest absolute Gasteiger partial charge is 0.348 e. The molecule has 1 fully saturated rings. The summed E-state index contributed by atoms with van der Waals surface area (Å²) in [4.78, 5) is 37.0. The second-order valence-electron chi connectivity index (χ2n) is 9.98. The number of aliphatic imine (C=N–C) groups is 1. The molecular weight excluding hydrogens is 528 g/mol. The highest BCUT2D eigenvalue weighted by Gasteiger charge is 2.32. The van der Waals surface area contributed by atoms with E-state index in [0.29, 0.717) is 59.5 Å². The summed E-state index contributed by atoms with van der Waals surface area (Å²) in [7, 11) is 1.56. The number of unbranched alkanes of at least 4 members (excludes halogenated alkanes) is 1. The molecule has 0 saturated carbocycles. The quantitative estimate of drug-likeness (QED) is 0.252. The SMILES string of the molecule is COc1cc2c(cc1OCCCCn1c(=O)nc(-c3ccccc3)c3cc(Cl)ccc31)N=CC1CCCN1C2=O. The Morgan fingerprint density at radius 3 is 2.70 bits per heavy atom. The predicted molar refractivity (Wildman–Crippen MR) is 156 cm³/mol. The molecule has 6 rings (SSSR count). The fourth-order valence-corrected chi connectivity index (χ4v) is 5.63. The summed E-state index contributed by atoms with van der Waals surface area (Å²) >= 11 is 6.31. The first kappa shape index (κ1) is 26.1. The van der Waals surface area contributed by atoms with Crippen LogP contribution in [0.15, 0.2) is 70.5 Å². The Labute approximate surface area is 236 Å². The topological polar surface area (TPSA) is 86.0 Å². The lowest BCUT2D eigenvalue weighted by Gasteiger charge is -2.20. The van der Waals surface area contributed by atoms with Gasteiger partial charge in [-0.2, -0.15) is 4.98 Å². The van der Waals surface area contributed by atoms with Gasteiger partial charge in [0.1, 0.15) is 0 Å². The number of aryl methyl sites for hydroxylation is 1. The lowest BCUT2D eigenvalue weighted by atomic mass is 10.1. The molecule has 204 valence electrons. The normalized spacial score (nSPS) is 16.1. The van der Waals surface area contributed by atoms with Crippen LogP contribution >= 0.6 is 11.6 Å². The maximum Gasteiger partial charge on any atom is 0.348 e. The van der Waals surface area contributed by atoms with E-state index < -0.39 is 0 Å². The minimum Gasteiger partial charge on any atom is -0.493 e. The molecule has 0 aliphatic carbocycles. The number of ether oxygens (including phenoxy) is 2. The van der Waals surface area contributed by atoms with Crippen LogP contribution in [0.4, 0.5) is 5.69 Å². The minimum atomic E-state index is -0.301. The number of carbonyl (C=O) groups excluding carboxylic acids is 1. The zero-order valence-corrected chi connectivity index (χ0v) is 22.9. The Hall–Kier alpha value is -4.17. The number of hydrogen-bond acceptors (Lipinski definition) is 6. The molecule has 0 bridgehead atoms. The van der Waals surface area contributed by atoms with Gasteiger partial charge in [-0.25, -0.2) is 4.79 Å². The van der Waals surface area contributed by atoms with Crippen molar-refractivity contribution < 1.29 is 14.3 Å². The van der Waals surface area contributed by atoms with Crippen LogP contribution in [0.25, 0.3) is 22.2 Å². The average Bonchev–Trinajstić information content (AvgIpc) is 3.41. The van der Waals surface area contributed by atoms with Crippen molar-refractivity contribution in [3.8, 4) is 22.8 Å². The molecule has 1 amide bonds. The highest BCUT2D eigenvalue weighted by atomic mass is 35.5. The minimum absolute atomic E-state index is 0.0225. The van der Waals surface area contributed by atoms with Gasteiger partial charge in [0.05, 0.1) is 42.2 Å². The van der Waals surface area contributed by atoms with Crippen molar-refractivity contribution in [3.05, 3.63) is 81.7 Å². The largest absolute Gasteiger partial charge is 0.493 e. The van der Waals surface area contributed by atoms with Crippen LogP contribution in [-0.2, 0) is 6.54 Å². The van der Waals surface area contributed by atoms with Gasteiger partial charge in [0.2, 0.25) is 0 Å². The van der Waals surface area contributed by atoms with E-state index in [1.54, 1.807) is 29.9 Å². The lowest BCUT2D eigenvalue weighted by Crippen LogP contribution is -2.35. The lowest BCUT2D eigenvalue weighted by molar-refractivity contribution is 0.0774. The highest BCUT2D eigenvalue weighted by molar-refractivity contribution is 6.31. The molecule has 8 nitrogen and oxygen atoms in total. The molecule has 3 heterocycles. The number of methoxy groups -OCH3 is 1. The summed E-state index contributed by atoms with van der Waals surface area (Å²) in [5.41, 5.74) is 3.11. The Kier molecular flexibility index (Phi) is 7.26. The van der Waals surface area contributed by atoms with E-state index in [9.17, 15) is 9.59 Å². The number of rotatable bonds is 8. The number of nitrogens with zero attached hydrogens (tertiary/aromatic N) is 4. The van der Waals surface area contributed by atoms with Crippen LogP contribution in [-0.4, -0.2) is 52.9 Å². The van der Waals surface area contributed by atoms with E-state index in [-0.39, 0.29) is 17.6 Å². The molecule has 9 heteroatoms. The van der Waals surface area contributed by atoms with Gasteiger partial charge >= 0.3 is 5.69 Å². The van der Waals surface area contributed by atoms with Gasteiger partial charge in [-0.3, -0.25) is 14.4 Å². The third kappa shape index (κ3) is 4.95. The van der Waals surface area contributed by atoms with Crippen molar-refractivity contribution in [2.45, 2.75) is 38.3 Å². The van der Waals surface area contributed by atoms with Gasteiger partial charge in [0, 0.05) is 41.3 Å². The average molecular weight is 557 g/mol. The Bertz CT molecular complexity index is 1670. The van der Waals surface area contributed by atoms with E-state index in [4.69, 9.17) is 21.1 Å². The summed E-state index contributed by atoms with van der Waals surface area (Å²) in [5.74, 6) is 1.02. The van der Waals surface area contributed by atoms with Gasteiger partial charge in [0.15, 0.2) is 11.5 Å². The number of fused-ring (bicyclic) bond motifs is 3. The Balaban J connectivity index is 1.16. The van der Waals surface area contributed by atoms with Crippen molar-refractivity contribution in [2.24, 2.45) is 4.99 Å². The van der Waals surface area contributed by atoms with E-state index in [0.717, 1.165) is 35.9 Å². The third-order valence-electron chi connectivity index (χ3n) is 7.48. The number of halogens is 1. The summed E-state index contributed by atoms with van der Waals surface area (Å²) < 4.78 is 13.3. The molecule has 1 atom stereocenters. The third-order valence-corrected chi connectivity index (χ3v) is 7.72. The molecule has 2 aliphatic rings. The van der Waals surface area contributed by atoms with Gasteiger partial charge in [-0.05, 0) is 49.9 Å². The van der Waals surface area contributed by atoms with Crippen LogP contribution in [0.1, 0.15) is 36.0 Å². The number of benzene rings is 3. The first-order chi connectivity index (χ1) is 19.5. The standard InChI is InChI=1S/C31H29ClN4O4/c1-39-27-17-23-25(33-19-22-10-7-14-35(22)30(23)37)18-28(27)40-15-6-5-13-36-26-12-11-21(32)16-24(26)29(34-31(36)38)20-8-3-2-4-9-20/h2-4,8-9,11-12,16-19,22H,5-7,10,13-15H2,1H3. The fourth-order valence-electron chi connectivity index (χ4n) is 5.46. The second kappa shape index (κ2) is 11.1.